The molecule has 3 rings (SSSR count). The Hall–Kier alpha value is -2.47. The van der Waals surface area contributed by atoms with Gasteiger partial charge in [0.2, 0.25) is 0 Å². The van der Waals surface area contributed by atoms with Crippen molar-refractivity contribution in [2.24, 2.45) is 0 Å². The molecule has 0 spiro atoms. The summed E-state index contributed by atoms with van der Waals surface area (Å²) in [4.78, 5) is 15.1. The lowest BCUT2D eigenvalue weighted by molar-refractivity contribution is 0.0287. The van der Waals surface area contributed by atoms with Gasteiger partial charge in [0, 0.05) is 18.7 Å². The third kappa shape index (κ3) is 4.79. The van der Waals surface area contributed by atoms with Crippen LogP contribution in [0.2, 0.25) is 0 Å². The number of aliphatic hydroxyl groups excluding tert-OH is 1. The van der Waals surface area contributed by atoms with Crippen molar-refractivity contribution in [1.29, 1.82) is 0 Å². The highest BCUT2D eigenvalue weighted by Gasteiger charge is 2.07. The van der Waals surface area contributed by atoms with Crippen LogP contribution in [-0.4, -0.2) is 29.3 Å². The van der Waals surface area contributed by atoms with E-state index in [-0.39, 0.29) is 12.2 Å². The first-order chi connectivity index (χ1) is 12.6. The Bertz CT molecular complexity index is 906. The number of aromatic amines is 1. The monoisotopic (exact) mass is 352 g/mol. The molecule has 0 unspecified atom stereocenters. The van der Waals surface area contributed by atoms with E-state index in [1.165, 1.54) is 0 Å². The number of benzene rings is 2. The number of aryl methyl sites for hydroxylation is 1. The number of aliphatic hydroxyl groups is 1. The Labute approximate surface area is 152 Å². The highest BCUT2D eigenvalue weighted by Crippen LogP contribution is 2.14. The fourth-order valence-electron chi connectivity index (χ4n) is 2.88. The van der Waals surface area contributed by atoms with Crippen LogP contribution in [0, 0.1) is 6.92 Å². The zero-order valence-corrected chi connectivity index (χ0v) is 14.9. The summed E-state index contributed by atoms with van der Waals surface area (Å²) < 4.78 is 5.52. The summed E-state index contributed by atoms with van der Waals surface area (Å²) in [5.41, 5.74) is 3.54. The second-order valence-electron chi connectivity index (χ2n) is 6.45. The molecule has 0 aliphatic heterocycles. The fraction of sp³-hybridized carbons (Fsp3) is 0.286. The summed E-state index contributed by atoms with van der Waals surface area (Å²) in [7, 11) is 0. The molecule has 3 N–H and O–H groups in total. The van der Waals surface area contributed by atoms with E-state index in [1.807, 2.05) is 61.5 Å². The Morgan fingerprint density at radius 1 is 1.15 bits per heavy atom. The van der Waals surface area contributed by atoms with Gasteiger partial charge in [-0.25, -0.2) is 0 Å². The number of hydrogen-bond acceptors (Lipinski definition) is 4. The van der Waals surface area contributed by atoms with Crippen LogP contribution in [0.1, 0.15) is 16.7 Å². The van der Waals surface area contributed by atoms with Gasteiger partial charge in [-0.15, -0.1) is 0 Å². The van der Waals surface area contributed by atoms with Crippen molar-refractivity contribution in [2.75, 3.05) is 13.2 Å². The second-order valence-corrected chi connectivity index (χ2v) is 6.45. The summed E-state index contributed by atoms with van der Waals surface area (Å²) in [6.45, 7) is 3.45. The highest BCUT2D eigenvalue weighted by molar-refractivity contribution is 5.81. The number of fused-ring (bicyclic) bond motifs is 1. The van der Waals surface area contributed by atoms with Crippen molar-refractivity contribution in [1.82, 2.24) is 10.3 Å². The van der Waals surface area contributed by atoms with E-state index in [9.17, 15) is 9.90 Å². The molecule has 2 aromatic carbocycles. The van der Waals surface area contributed by atoms with Gasteiger partial charge < -0.3 is 20.1 Å². The molecule has 1 aromatic heterocycles. The topological polar surface area (TPSA) is 74.3 Å². The van der Waals surface area contributed by atoms with Crippen molar-refractivity contribution < 1.29 is 9.84 Å². The van der Waals surface area contributed by atoms with E-state index in [4.69, 9.17) is 4.74 Å². The van der Waals surface area contributed by atoms with E-state index in [0.29, 0.717) is 25.3 Å². The van der Waals surface area contributed by atoms with E-state index in [2.05, 4.69) is 10.3 Å². The summed E-state index contributed by atoms with van der Waals surface area (Å²) in [5.74, 6) is 0. The predicted molar refractivity (Wildman–Crippen MR) is 103 cm³/mol. The normalized spacial score (nSPS) is 12.4. The number of nitrogens with one attached hydrogen (secondary N) is 2. The van der Waals surface area contributed by atoms with Crippen molar-refractivity contribution in [3.8, 4) is 0 Å². The number of pyridine rings is 1. The lowest BCUT2D eigenvalue weighted by Gasteiger charge is -2.13. The summed E-state index contributed by atoms with van der Waals surface area (Å²) in [5, 5.41) is 14.1. The molecule has 5 heteroatoms. The van der Waals surface area contributed by atoms with Gasteiger partial charge in [0.05, 0.1) is 24.8 Å². The summed E-state index contributed by atoms with van der Waals surface area (Å²) in [6.07, 6.45) is -0.625. The first-order valence-corrected chi connectivity index (χ1v) is 8.75. The van der Waals surface area contributed by atoms with Gasteiger partial charge in [-0.3, -0.25) is 4.79 Å². The fourth-order valence-corrected chi connectivity index (χ4v) is 2.88. The Kier molecular flexibility index (Phi) is 6.17. The quantitative estimate of drug-likeness (QED) is 0.582. The molecule has 0 bridgehead atoms. The molecular formula is C21H24N2O3. The van der Waals surface area contributed by atoms with Gasteiger partial charge in [0.15, 0.2) is 0 Å². The van der Waals surface area contributed by atoms with E-state index >= 15 is 0 Å². The smallest absolute Gasteiger partial charge is 0.252 e. The van der Waals surface area contributed by atoms with Crippen LogP contribution in [0.25, 0.3) is 10.9 Å². The maximum absolute atomic E-state index is 12.2. The minimum Gasteiger partial charge on any atom is -0.389 e. The number of aromatic nitrogens is 1. The maximum atomic E-state index is 12.2. The Morgan fingerprint density at radius 2 is 1.96 bits per heavy atom. The van der Waals surface area contributed by atoms with E-state index in [1.54, 1.807) is 0 Å². The molecule has 136 valence electrons. The Balaban J connectivity index is 1.47. The number of H-pyrrole nitrogens is 1. The maximum Gasteiger partial charge on any atom is 0.252 e. The van der Waals surface area contributed by atoms with E-state index in [0.717, 1.165) is 22.0 Å². The van der Waals surface area contributed by atoms with Gasteiger partial charge in [0.1, 0.15) is 0 Å². The number of hydrogen-bond donors (Lipinski definition) is 3. The lowest BCUT2D eigenvalue weighted by Crippen LogP contribution is -2.31. The van der Waals surface area contributed by atoms with Crippen LogP contribution >= 0.6 is 0 Å². The number of rotatable bonds is 8. The molecule has 0 saturated carbocycles. The number of ether oxygens (including phenoxy) is 1. The lowest BCUT2D eigenvalue weighted by atomic mass is 10.1. The van der Waals surface area contributed by atoms with Crippen molar-refractivity contribution in [2.45, 2.75) is 26.2 Å². The third-order valence-corrected chi connectivity index (χ3v) is 4.28. The van der Waals surface area contributed by atoms with Gasteiger partial charge in [-0.05, 0) is 29.5 Å². The van der Waals surface area contributed by atoms with Crippen molar-refractivity contribution >= 4 is 10.9 Å². The average Bonchev–Trinajstić information content (AvgIpc) is 2.64. The van der Waals surface area contributed by atoms with Gasteiger partial charge >= 0.3 is 0 Å². The molecule has 0 saturated heterocycles. The molecular weight excluding hydrogens is 328 g/mol. The summed E-state index contributed by atoms with van der Waals surface area (Å²) in [6, 6.07) is 17.7. The first kappa shape index (κ1) is 18.3. The van der Waals surface area contributed by atoms with Crippen LogP contribution in [-0.2, 0) is 17.9 Å². The summed E-state index contributed by atoms with van der Waals surface area (Å²) >= 11 is 0. The van der Waals surface area contributed by atoms with E-state index < -0.39 is 6.10 Å². The predicted octanol–water partition coefficient (Wildman–Crippen LogP) is 2.50. The molecule has 0 radical (unpaired) electrons. The van der Waals surface area contributed by atoms with Crippen LogP contribution < -0.4 is 10.9 Å². The van der Waals surface area contributed by atoms with Crippen LogP contribution in [0.15, 0.2) is 59.4 Å². The molecule has 3 aromatic rings. The highest BCUT2D eigenvalue weighted by atomic mass is 16.5. The SMILES string of the molecule is Cc1cccc2cc(CNC[C@@H](O)COCc3ccccc3)c(=O)[nH]c12. The van der Waals surface area contributed by atoms with Gasteiger partial charge in [-0.2, -0.15) is 0 Å². The Morgan fingerprint density at radius 3 is 2.77 bits per heavy atom. The second kappa shape index (κ2) is 8.76. The molecule has 5 nitrogen and oxygen atoms in total. The average molecular weight is 352 g/mol. The zero-order chi connectivity index (χ0) is 18.4. The number of para-hydroxylation sites is 1. The largest absolute Gasteiger partial charge is 0.389 e. The van der Waals surface area contributed by atoms with Gasteiger partial charge in [0.25, 0.3) is 5.56 Å². The van der Waals surface area contributed by atoms with Crippen LogP contribution in [0.5, 0.6) is 0 Å². The van der Waals surface area contributed by atoms with Crippen LogP contribution in [0.3, 0.4) is 0 Å². The molecule has 0 fully saturated rings. The molecule has 0 aliphatic rings. The third-order valence-electron chi connectivity index (χ3n) is 4.28. The van der Waals surface area contributed by atoms with Crippen molar-refractivity contribution in [3.63, 3.8) is 0 Å². The molecule has 1 atom stereocenters. The minimum absolute atomic E-state index is 0.103. The first-order valence-electron chi connectivity index (χ1n) is 8.75. The molecule has 26 heavy (non-hydrogen) atoms. The van der Waals surface area contributed by atoms with Crippen molar-refractivity contribution in [3.05, 3.63) is 81.6 Å². The molecule has 0 amide bonds. The molecule has 1 heterocycles. The standard InChI is InChI=1S/C21H24N2O3/c1-15-6-5-9-17-10-18(21(25)23-20(15)17)11-22-12-19(24)14-26-13-16-7-3-2-4-8-16/h2-10,19,22,24H,11-14H2,1H3,(H,23,25)/t19-/m1/s1. The molecule has 0 aliphatic carbocycles. The minimum atomic E-state index is -0.625. The van der Waals surface area contributed by atoms with Crippen LogP contribution in [0.4, 0.5) is 0 Å². The zero-order valence-electron chi connectivity index (χ0n) is 14.9. The van der Waals surface area contributed by atoms with Gasteiger partial charge in [-0.1, -0.05) is 48.5 Å².